The van der Waals surface area contributed by atoms with Crippen molar-refractivity contribution in [2.45, 2.75) is 44.1 Å². The Kier molecular flexibility index (Phi) is 6.03. The molecule has 3 aliphatic rings. The van der Waals surface area contributed by atoms with Gasteiger partial charge in [0.2, 0.25) is 5.95 Å². The number of nitrogens with zero attached hydrogens (tertiary/aromatic N) is 7. The largest absolute Gasteiger partial charge is 0.394 e. The summed E-state index contributed by atoms with van der Waals surface area (Å²) in [5.41, 5.74) is 0.199. The van der Waals surface area contributed by atoms with Crippen LogP contribution in [0.4, 0.5) is 32.3 Å². The first kappa shape index (κ1) is 24.9. The number of aromatic nitrogens is 4. The molecule has 12 nitrogen and oxygen atoms in total. The summed E-state index contributed by atoms with van der Waals surface area (Å²) in [4.78, 5) is 39.7. The highest BCUT2D eigenvalue weighted by Crippen LogP contribution is 2.46. The van der Waals surface area contributed by atoms with Crippen LogP contribution in [0.15, 0.2) is 55.3 Å². The van der Waals surface area contributed by atoms with E-state index in [0.29, 0.717) is 34.9 Å². The highest BCUT2D eigenvalue weighted by atomic mass is 19.1. The van der Waals surface area contributed by atoms with Gasteiger partial charge < -0.3 is 20.4 Å². The summed E-state index contributed by atoms with van der Waals surface area (Å²) in [5.74, 6) is -1.22. The van der Waals surface area contributed by atoms with Crippen LogP contribution in [-0.4, -0.2) is 66.0 Å². The van der Waals surface area contributed by atoms with E-state index in [4.69, 9.17) is 5.11 Å². The lowest BCUT2D eigenvalue weighted by Gasteiger charge is -2.49. The Labute approximate surface area is 223 Å². The van der Waals surface area contributed by atoms with Crippen molar-refractivity contribution in [1.82, 2.24) is 24.6 Å². The fourth-order valence-corrected chi connectivity index (χ4v) is 5.18. The number of rotatable bonds is 7. The Morgan fingerprint density at radius 1 is 1.26 bits per heavy atom. The van der Waals surface area contributed by atoms with E-state index in [1.807, 2.05) is 0 Å². The van der Waals surface area contributed by atoms with Crippen molar-refractivity contribution in [2.75, 3.05) is 28.3 Å². The van der Waals surface area contributed by atoms with Gasteiger partial charge in [-0.2, -0.15) is 10.1 Å². The van der Waals surface area contributed by atoms with Gasteiger partial charge in [-0.25, -0.2) is 14.2 Å². The second-order valence-electron chi connectivity index (χ2n) is 9.80. The van der Waals surface area contributed by atoms with E-state index in [0.717, 1.165) is 12.8 Å². The zero-order valence-electron chi connectivity index (χ0n) is 21.0. The number of anilines is 4. The van der Waals surface area contributed by atoms with Crippen LogP contribution in [0.2, 0.25) is 0 Å². The number of benzene rings is 1. The molecular formula is C26H27FN8O4. The van der Waals surface area contributed by atoms with Gasteiger partial charge in [-0.15, -0.1) is 0 Å². The standard InChI is InChI=1S/C26H27FN8O4/c1-16(27)23(37)33-9-8-26(39,20-4-2-3-5-21(20)33)34-14-17-12-28-24(30-18-13-29-32(15-18)10-11-36)31-22(17)35(25(34)38)19-6-7-19/h2-5,12-13,15,19,36,39H,1,6-11,14H2,(H,28,30,31). The van der Waals surface area contributed by atoms with Gasteiger partial charge in [-0.05, 0) is 18.9 Å². The third-order valence-electron chi connectivity index (χ3n) is 7.20. The molecule has 2 aliphatic heterocycles. The fraction of sp³-hybridized carbons (Fsp3) is 0.346. The van der Waals surface area contributed by atoms with Crippen LogP contribution in [0.25, 0.3) is 0 Å². The number of amides is 3. The normalized spacial score (nSPS) is 20.5. The Bertz CT molecular complexity index is 1470. The van der Waals surface area contributed by atoms with Crippen molar-refractivity contribution in [2.24, 2.45) is 0 Å². The topological polar surface area (TPSA) is 140 Å². The first-order chi connectivity index (χ1) is 18.8. The molecule has 1 aromatic carbocycles. The maximum absolute atomic E-state index is 14.0. The van der Waals surface area contributed by atoms with Crippen molar-refractivity contribution < 1.29 is 24.2 Å². The Balaban J connectivity index is 1.34. The Morgan fingerprint density at radius 2 is 2.05 bits per heavy atom. The number of hydrogen-bond acceptors (Lipinski definition) is 8. The van der Waals surface area contributed by atoms with Gasteiger partial charge in [0.15, 0.2) is 11.6 Å². The molecule has 1 unspecified atom stereocenters. The van der Waals surface area contributed by atoms with E-state index in [-0.39, 0.29) is 38.1 Å². The van der Waals surface area contributed by atoms with Gasteiger partial charge in [-0.3, -0.25) is 19.3 Å². The number of fused-ring (bicyclic) bond motifs is 2. The maximum Gasteiger partial charge on any atom is 0.328 e. The monoisotopic (exact) mass is 534 g/mol. The van der Waals surface area contributed by atoms with E-state index in [9.17, 15) is 19.1 Å². The van der Waals surface area contributed by atoms with Gasteiger partial charge >= 0.3 is 6.03 Å². The molecule has 1 aliphatic carbocycles. The lowest BCUT2D eigenvalue weighted by Crippen LogP contribution is -2.60. The molecule has 202 valence electrons. The molecule has 3 N–H and O–H groups in total. The molecule has 39 heavy (non-hydrogen) atoms. The van der Waals surface area contributed by atoms with Crippen LogP contribution in [0.5, 0.6) is 0 Å². The Hall–Kier alpha value is -4.36. The molecular weight excluding hydrogens is 507 g/mol. The number of aliphatic hydroxyl groups is 2. The molecule has 0 radical (unpaired) electrons. The summed E-state index contributed by atoms with van der Waals surface area (Å²) in [6, 6.07) is 6.17. The first-order valence-electron chi connectivity index (χ1n) is 12.7. The number of para-hydroxylation sites is 1. The fourth-order valence-electron chi connectivity index (χ4n) is 5.18. The van der Waals surface area contributed by atoms with Gasteiger partial charge in [0.25, 0.3) is 5.91 Å². The summed E-state index contributed by atoms with van der Waals surface area (Å²) in [7, 11) is 0. The predicted octanol–water partition coefficient (Wildman–Crippen LogP) is 2.38. The minimum absolute atomic E-state index is 0.00132. The minimum Gasteiger partial charge on any atom is -0.394 e. The average Bonchev–Trinajstić information content (AvgIpc) is 3.67. The third kappa shape index (κ3) is 4.29. The zero-order valence-corrected chi connectivity index (χ0v) is 21.0. The molecule has 0 saturated heterocycles. The number of carbonyl (C=O) groups is 2. The summed E-state index contributed by atoms with van der Waals surface area (Å²) < 4.78 is 15.3. The van der Waals surface area contributed by atoms with E-state index < -0.39 is 23.5 Å². The van der Waals surface area contributed by atoms with Crippen LogP contribution < -0.4 is 15.1 Å². The van der Waals surface area contributed by atoms with Crippen LogP contribution in [0, 0.1) is 0 Å². The SMILES string of the molecule is C=C(F)C(=O)N1CCC(O)(N2Cc3cnc(Nc4cnn(CCO)c4)nc3N(C3CC3)C2=O)c2ccccc21. The molecule has 3 aromatic rings. The van der Waals surface area contributed by atoms with Crippen molar-refractivity contribution in [3.05, 3.63) is 66.4 Å². The second kappa shape index (κ2) is 9.43. The summed E-state index contributed by atoms with van der Waals surface area (Å²) >= 11 is 0. The van der Waals surface area contributed by atoms with Gasteiger partial charge in [0.05, 0.1) is 37.3 Å². The van der Waals surface area contributed by atoms with Crippen molar-refractivity contribution in [3.8, 4) is 0 Å². The molecule has 6 rings (SSSR count). The molecule has 0 spiro atoms. The van der Waals surface area contributed by atoms with E-state index in [1.54, 1.807) is 52.4 Å². The summed E-state index contributed by atoms with van der Waals surface area (Å²) in [6.07, 6.45) is 6.52. The Morgan fingerprint density at radius 3 is 2.79 bits per heavy atom. The quantitative estimate of drug-likeness (QED) is 0.393. The van der Waals surface area contributed by atoms with Crippen LogP contribution in [-0.2, 0) is 23.6 Å². The van der Waals surface area contributed by atoms with Crippen molar-refractivity contribution >= 4 is 35.1 Å². The molecule has 0 bridgehead atoms. The lowest BCUT2D eigenvalue weighted by molar-refractivity contribution is -0.119. The van der Waals surface area contributed by atoms with Gasteiger partial charge in [0, 0.05) is 42.5 Å². The molecule has 4 heterocycles. The summed E-state index contributed by atoms with van der Waals surface area (Å²) in [5, 5.41) is 28.4. The lowest BCUT2D eigenvalue weighted by atomic mass is 9.90. The number of aliphatic hydroxyl groups excluding tert-OH is 1. The zero-order chi connectivity index (χ0) is 27.3. The van der Waals surface area contributed by atoms with Crippen LogP contribution in [0.1, 0.15) is 30.4 Å². The van der Waals surface area contributed by atoms with Crippen molar-refractivity contribution in [3.63, 3.8) is 0 Å². The van der Waals surface area contributed by atoms with Gasteiger partial charge in [0.1, 0.15) is 5.82 Å². The first-order valence-corrected chi connectivity index (χ1v) is 12.7. The molecule has 1 fully saturated rings. The van der Waals surface area contributed by atoms with Crippen molar-refractivity contribution in [1.29, 1.82) is 0 Å². The molecule has 2 aromatic heterocycles. The molecule has 3 amide bonds. The number of nitrogens with one attached hydrogen (secondary N) is 1. The second-order valence-corrected chi connectivity index (χ2v) is 9.80. The molecule has 13 heteroatoms. The molecule has 1 saturated carbocycles. The maximum atomic E-state index is 14.0. The predicted molar refractivity (Wildman–Crippen MR) is 139 cm³/mol. The van der Waals surface area contributed by atoms with Crippen LogP contribution >= 0.6 is 0 Å². The number of hydrogen-bond donors (Lipinski definition) is 3. The summed E-state index contributed by atoms with van der Waals surface area (Å²) in [6.45, 7) is 3.48. The number of carbonyl (C=O) groups excluding carboxylic acids is 2. The highest BCUT2D eigenvalue weighted by molar-refractivity contribution is 6.04. The van der Waals surface area contributed by atoms with Gasteiger partial charge in [-0.1, -0.05) is 24.8 Å². The third-order valence-corrected chi connectivity index (χ3v) is 7.20. The molecule has 1 atom stereocenters. The van der Waals surface area contributed by atoms with Crippen LogP contribution in [0.3, 0.4) is 0 Å². The van der Waals surface area contributed by atoms with E-state index in [2.05, 4.69) is 27.0 Å². The smallest absolute Gasteiger partial charge is 0.328 e. The number of urea groups is 1. The number of halogens is 1. The highest BCUT2D eigenvalue weighted by Gasteiger charge is 2.51. The van der Waals surface area contributed by atoms with E-state index >= 15 is 0 Å². The van der Waals surface area contributed by atoms with E-state index in [1.165, 1.54) is 9.80 Å². The minimum atomic E-state index is -1.74. The average molecular weight is 535 g/mol.